The van der Waals surface area contributed by atoms with E-state index >= 15 is 0 Å². The molecule has 0 aromatic heterocycles. The molecule has 4 aromatic rings. The monoisotopic (exact) mass is 671 g/mol. The minimum Gasteiger partial charge on any atom is -0.497 e. The van der Waals surface area contributed by atoms with Crippen LogP contribution >= 0.6 is 0 Å². The molecule has 0 saturated heterocycles. The zero-order valence-electron chi connectivity index (χ0n) is 28.5. The van der Waals surface area contributed by atoms with Gasteiger partial charge >= 0.3 is 0 Å². The predicted molar refractivity (Wildman–Crippen MR) is 189 cm³/mol. The van der Waals surface area contributed by atoms with E-state index < -0.39 is 28.5 Å². The Morgan fingerprint density at radius 3 is 2.12 bits per heavy atom. The van der Waals surface area contributed by atoms with Gasteiger partial charge in [0, 0.05) is 19.0 Å². The van der Waals surface area contributed by atoms with Crippen LogP contribution in [0.4, 0.5) is 5.69 Å². The molecular weight excluding hydrogens is 627 g/mol. The molecule has 0 unspecified atom stereocenters. The SMILES string of the molecule is CC[C@@H](C)NC(=O)[C@H](Cc1ccccc1)N(Cc1cccc(OC)c1)C(=O)CN(c1cc(C)ccc1OC)S(=O)(=O)c1ccc(C)cc1. The first kappa shape index (κ1) is 36.0. The second kappa shape index (κ2) is 16.3. The zero-order chi connectivity index (χ0) is 34.8. The zero-order valence-corrected chi connectivity index (χ0v) is 29.3. The van der Waals surface area contributed by atoms with Gasteiger partial charge in [0.05, 0.1) is 24.8 Å². The third-order valence-electron chi connectivity index (χ3n) is 8.25. The molecule has 0 aliphatic rings. The van der Waals surface area contributed by atoms with E-state index in [2.05, 4.69) is 5.32 Å². The summed E-state index contributed by atoms with van der Waals surface area (Å²) in [6.07, 6.45) is 0.917. The average molecular weight is 672 g/mol. The van der Waals surface area contributed by atoms with Crippen LogP contribution in [-0.2, 0) is 32.6 Å². The Labute approximate surface area is 284 Å². The Kier molecular flexibility index (Phi) is 12.2. The molecule has 1 N–H and O–H groups in total. The highest BCUT2D eigenvalue weighted by Gasteiger charge is 2.36. The minimum atomic E-state index is -4.27. The van der Waals surface area contributed by atoms with Crippen LogP contribution in [0.2, 0.25) is 0 Å². The number of anilines is 1. The standard InChI is InChI=1S/C38H45N3O6S/c1-7-29(4)39-38(43)35(24-30-12-9-8-10-13-30)40(25-31-14-11-15-32(23-31)46-5)37(42)26-41(34-22-28(3)18-21-36(34)47-6)48(44,45)33-19-16-27(2)17-20-33/h8-23,29,35H,7,24-26H2,1-6H3,(H,39,43)/t29-,35+/m1/s1. The van der Waals surface area contributed by atoms with Crippen molar-refractivity contribution < 1.29 is 27.5 Å². The van der Waals surface area contributed by atoms with Crippen molar-refractivity contribution in [3.05, 3.63) is 119 Å². The van der Waals surface area contributed by atoms with Gasteiger partial charge in [-0.2, -0.15) is 0 Å². The van der Waals surface area contributed by atoms with E-state index in [1.165, 1.54) is 24.1 Å². The molecule has 48 heavy (non-hydrogen) atoms. The molecular formula is C38H45N3O6S. The fraction of sp³-hybridized carbons (Fsp3) is 0.316. The summed E-state index contributed by atoms with van der Waals surface area (Å²) in [5.41, 5.74) is 3.47. The highest BCUT2D eigenvalue weighted by atomic mass is 32.2. The molecule has 10 heteroatoms. The number of carbonyl (C=O) groups excluding carboxylic acids is 2. The lowest BCUT2D eigenvalue weighted by atomic mass is 10.0. The van der Waals surface area contributed by atoms with Gasteiger partial charge < -0.3 is 19.7 Å². The van der Waals surface area contributed by atoms with Crippen LogP contribution in [0.3, 0.4) is 0 Å². The summed E-state index contributed by atoms with van der Waals surface area (Å²) in [7, 11) is -1.26. The molecule has 9 nitrogen and oxygen atoms in total. The summed E-state index contributed by atoms with van der Waals surface area (Å²) >= 11 is 0. The van der Waals surface area contributed by atoms with Gasteiger partial charge in [-0.05, 0) is 80.3 Å². The number of amides is 2. The van der Waals surface area contributed by atoms with Gasteiger partial charge in [-0.15, -0.1) is 0 Å². The van der Waals surface area contributed by atoms with Crippen LogP contribution in [0.15, 0.2) is 102 Å². The Morgan fingerprint density at radius 2 is 1.48 bits per heavy atom. The van der Waals surface area contributed by atoms with Gasteiger partial charge in [0.15, 0.2) is 0 Å². The first-order valence-corrected chi connectivity index (χ1v) is 17.4. The van der Waals surface area contributed by atoms with Gasteiger partial charge in [-0.25, -0.2) is 8.42 Å². The number of carbonyl (C=O) groups is 2. The maximum absolute atomic E-state index is 14.8. The Morgan fingerprint density at radius 1 is 0.812 bits per heavy atom. The van der Waals surface area contributed by atoms with Crippen LogP contribution in [0, 0.1) is 13.8 Å². The van der Waals surface area contributed by atoms with Crippen LogP contribution in [-0.4, -0.2) is 58.0 Å². The van der Waals surface area contributed by atoms with Crippen LogP contribution in [0.1, 0.15) is 42.5 Å². The fourth-order valence-corrected chi connectivity index (χ4v) is 6.72. The second-order valence-corrected chi connectivity index (χ2v) is 13.8. The number of aryl methyl sites for hydroxylation is 2. The van der Waals surface area contributed by atoms with E-state index in [1.807, 2.05) is 76.2 Å². The Bertz CT molecular complexity index is 1800. The molecule has 0 fully saturated rings. The number of nitrogens with zero attached hydrogens (tertiary/aromatic N) is 2. The molecule has 0 spiro atoms. The first-order valence-electron chi connectivity index (χ1n) is 16.0. The van der Waals surface area contributed by atoms with Crippen molar-refractivity contribution in [2.24, 2.45) is 0 Å². The lowest BCUT2D eigenvalue weighted by molar-refractivity contribution is -0.140. The number of ether oxygens (including phenoxy) is 2. The van der Waals surface area contributed by atoms with E-state index in [0.717, 1.165) is 26.6 Å². The van der Waals surface area contributed by atoms with E-state index in [-0.39, 0.29) is 35.5 Å². The Hall–Kier alpha value is -4.83. The highest BCUT2D eigenvalue weighted by molar-refractivity contribution is 7.92. The molecule has 254 valence electrons. The fourth-order valence-electron chi connectivity index (χ4n) is 5.31. The van der Waals surface area contributed by atoms with Crippen molar-refractivity contribution in [2.45, 2.75) is 64.1 Å². The van der Waals surface area contributed by atoms with Crippen LogP contribution < -0.4 is 19.1 Å². The highest BCUT2D eigenvalue weighted by Crippen LogP contribution is 2.34. The third kappa shape index (κ3) is 8.95. The molecule has 0 aliphatic carbocycles. The number of sulfonamides is 1. The summed E-state index contributed by atoms with van der Waals surface area (Å²) in [5.74, 6) is -0.00163. The van der Waals surface area contributed by atoms with E-state index in [9.17, 15) is 18.0 Å². The summed E-state index contributed by atoms with van der Waals surface area (Å²) in [5, 5.41) is 3.06. The smallest absolute Gasteiger partial charge is 0.264 e. The maximum atomic E-state index is 14.8. The topological polar surface area (TPSA) is 105 Å². The first-order chi connectivity index (χ1) is 23.0. The minimum absolute atomic E-state index is 0.0270. The van der Waals surface area contributed by atoms with Crippen molar-refractivity contribution in [1.82, 2.24) is 10.2 Å². The normalized spacial score (nSPS) is 12.5. The van der Waals surface area contributed by atoms with Crippen molar-refractivity contribution in [2.75, 3.05) is 25.1 Å². The number of nitrogens with one attached hydrogen (secondary N) is 1. The lowest BCUT2D eigenvalue weighted by Gasteiger charge is -2.34. The number of methoxy groups -OCH3 is 2. The van der Waals surface area contributed by atoms with Crippen LogP contribution in [0.5, 0.6) is 11.5 Å². The summed E-state index contributed by atoms with van der Waals surface area (Å²) in [6.45, 7) is 7.04. The summed E-state index contributed by atoms with van der Waals surface area (Å²) < 4.78 is 40.9. The average Bonchev–Trinajstić information content (AvgIpc) is 3.09. The van der Waals surface area contributed by atoms with Gasteiger partial charge in [0.2, 0.25) is 11.8 Å². The Balaban J connectivity index is 1.87. The van der Waals surface area contributed by atoms with Crippen molar-refractivity contribution in [3.8, 4) is 11.5 Å². The van der Waals surface area contributed by atoms with Crippen LogP contribution in [0.25, 0.3) is 0 Å². The number of rotatable bonds is 15. The van der Waals surface area contributed by atoms with E-state index in [0.29, 0.717) is 17.9 Å². The van der Waals surface area contributed by atoms with Gasteiger partial charge in [0.25, 0.3) is 10.0 Å². The molecule has 2 amide bonds. The third-order valence-corrected chi connectivity index (χ3v) is 10.0. The van der Waals surface area contributed by atoms with E-state index in [4.69, 9.17) is 9.47 Å². The second-order valence-electron chi connectivity index (χ2n) is 11.9. The van der Waals surface area contributed by atoms with Gasteiger partial charge in [-0.1, -0.05) is 73.2 Å². The largest absolute Gasteiger partial charge is 0.497 e. The summed E-state index contributed by atoms with van der Waals surface area (Å²) in [6, 6.07) is 27.3. The predicted octanol–water partition coefficient (Wildman–Crippen LogP) is 6.07. The van der Waals surface area contributed by atoms with Crippen molar-refractivity contribution >= 4 is 27.5 Å². The van der Waals surface area contributed by atoms with Crippen molar-refractivity contribution in [3.63, 3.8) is 0 Å². The molecule has 0 saturated carbocycles. The van der Waals surface area contributed by atoms with Crippen molar-refractivity contribution in [1.29, 1.82) is 0 Å². The molecule has 0 aliphatic heterocycles. The molecule has 4 aromatic carbocycles. The van der Waals surface area contributed by atoms with Gasteiger partial charge in [0.1, 0.15) is 24.1 Å². The molecule has 0 bridgehead atoms. The maximum Gasteiger partial charge on any atom is 0.264 e. The molecule has 0 radical (unpaired) electrons. The quantitative estimate of drug-likeness (QED) is 0.165. The lowest BCUT2D eigenvalue weighted by Crippen LogP contribution is -2.54. The molecule has 4 rings (SSSR count). The number of hydrogen-bond donors (Lipinski definition) is 1. The van der Waals surface area contributed by atoms with Gasteiger partial charge in [-0.3, -0.25) is 13.9 Å². The molecule has 0 heterocycles. The number of benzene rings is 4. The molecule has 2 atom stereocenters. The number of hydrogen-bond acceptors (Lipinski definition) is 6. The summed E-state index contributed by atoms with van der Waals surface area (Å²) in [4.78, 5) is 30.3. The van der Waals surface area contributed by atoms with E-state index in [1.54, 1.807) is 43.5 Å².